The molecule has 0 saturated heterocycles. The molecule has 6 nitrogen and oxygen atoms in total. The molecule has 0 fully saturated rings. The average molecular weight is 231 g/mol. The van der Waals surface area contributed by atoms with Crippen LogP contribution in [0.25, 0.3) is 0 Å². The average Bonchev–Trinajstić information content (AvgIpc) is 2.17. The Balaban J connectivity index is 4.08. The van der Waals surface area contributed by atoms with E-state index in [-0.39, 0.29) is 25.0 Å². The van der Waals surface area contributed by atoms with Gasteiger partial charge in [-0.2, -0.15) is 0 Å². The van der Waals surface area contributed by atoms with Gasteiger partial charge in [-0.1, -0.05) is 0 Å². The summed E-state index contributed by atoms with van der Waals surface area (Å²) in [7, 11) is 0. The van der Waals surface area contributed by atoms with Crippen LogP contribution in [0.5, 0.6) is 0 Å². The normalized spacial score (nSPS) is 10.2. The SMILES string of the molecule is CC(C)N(CCC(=O)O)C(=O)NCCCN. The largest absolute Gasteiger partial charge is 0.481 e. The zero-order valence-corrected chi connectivity index (χ0v) is 9.90. The molecule has 94 valence electrons. The Morgan fingerprint density at radius 1 is 1.44 bits per heavy atom. The van der Waals surface area contributed by atoms with E-state index in [0.29, 0.717) is 13.1 Å². The third-order valence-electron chi connectivity index (χ3n) is 2.11. The first kappa shape index (κ1) is 14.7. The third-order valence-corrected chi connectivity index (χ3v) is 2.11. The lowest BCUT2D eigenvalue weighted by Gasteiger charge is -2.26. The van der Waals surface area contributed by atoms with Crippen LogP contribution in [-0.4, -0.2) is 47.7 Å². The van der Waals surface area contributed by atoms with Gasteiger partial charge in [-0.05, 0) is 26.8 Å². The molecule has 0 heterocycles. The highest BCUT2D eigenvalue weighted by Gasteiger charge is 2.16. The second-order valence-corrected chi connectivity index (χ2v) is 3.81. The standard InChI is InChI=1S/C10H21N3O3/c1-8(2)13(7-4-9(14)15)10(16)12-6-3-5-11/h8H,3-7,11H2,1-2H3,(H,12,16)(H,14,15). The smallest absolute Gasteiger partial charge is 0.317 e. The van der Waals surface area contributed by atoms with Gasteiger partial charge in [-0.15, -0.1) is 0 Å². The van der Waals surface area contributed by atoms with Gasteiger partial charge in [0, 0.05) is 19.1 Å². The van der Waals surface area contributed by atoms with Gasteiger partial charge >= 0.3 is 12.0 Å². The molecule has 0 spiro atoms. The summed E-state index contributed by atoms with van der Waals surface area (Å²) in [5.41, 5.74) is 5.31. The number of nitrogens with two attached hydrogens (primary N) is 1. The maximum atomic E-state index is 11.7. The van der Waals surface area contributed by atoms with Gasteiger partial charge in [0.2, 0.25) is 0 Å². The number of urea groups is 1. The molecule has 0 unspecified atom stereocenters. The fourth-order valence-corrected chi connectivity index (χ4v) is 1.21. The molecule has 4 N–H and O–H groups in total. The predicted molar refractivity (Wildman–Crippen MR) is 61.2 cm³/mol. The van der Waals surface area contributed by atoms with E-state index in [2.05, 4.69) is 5.32 Å². The number of carboxylic acids is 1. The fraction of sp³-hybridized carbons (Fsp3) is 0.800. The molecule has 0 aromatic rings. The molecule has 0 aliphatic heterocycles. The summed E-state index contributed by atoms with van der Waals surface area (Å²) in [5, 5.41) is 11.3. The number of hydrogen-bond acceptors (Lipinski definition) is 3. The molecule has 2 amide bonds. The molecule has 6 heteroatoms. The second kappa shape index (κ2) is 7.92. The van der Waals surface area contributed by atoms with Crippen molar-refractivity contribution in [2.75, 3.05) is 19.6 Å². The Labute approximate surface area is 95.8 Å². The van der Waals surface area contributed by atoms with Crippen LogP contribution in [-0.2, 0) is 4.79 Å². The van der Waals surface area contributed by atoms with E-state index in [9.17, 15) is 9.59 Å². The van der Waals surface area contributed by atoms with Crippen molar-refractivity contribution in [1.82, 2.24) is 10.2 Å². The summed E-state index contributed by atoms with van der Waals surface area (Å²) in [6.07, 6.45) is 0.680. The monoisotopic (exact) mass is 231 g/mol. The van der Waals surface area contributed by atoms with E-state index in [1.54, 1.807) is 0 Å². The highest BCUT2D eigenvalue weighted by Crippen LogP contribution is 2.00. The minimum absolute atomic E-state index is 0.0165. The highest BCUT2D eigenvalue weighted by atomic mass is 16.4. The third kappa shape index (κ3) is 6.23. The lowest BCUT2D eigenvalue weighted by Crippen LogP contribution is -2.45. The number of amides is 2. The van der Waals surface area contributed by atoms with Gasteiger partial charge in [0.1, 0.15) is 0 Å². The number of carboxylic acid groups (broad SMARTS) is 1. The van der Waals surface area contributed by atoms with Gasteiger partial charge in [-0.25, -0.2) is 4.79 Å². The number of carbonyl (C=O) groups excluding carboxylic acids is 1. The maximum Gasteiger partial charge on any atom is 0.317 e. The van der Waals surface area contributed by atoms with Gasteiger partial charge in [0.05, 0.1) is 6.42 Å². The molecule has 0 saturated carbocycles. The van der Waals surface area contributed by atoms with Crippen molar-refractivity contribution in [3.8, 4) is 0 Å². The molecule has 0 radical (unpaired) electrons. The summed E-state index contributed by atoms with van der Waals surface area (Å²) >= 11 is 0. The molecule has 0 aliphatic carbocycles. The van der Waals surface area contributed by atoms with Crippen LogP contribution in [0.1, 0.15) is 26.7 Å². The van der Waals surface area contributed by atoms with Crippen molar-refractivity contribution in [2.24, 2.45) is 5.73 Å². The summed E-state index contributed by atoms with van der Waals surface area (Å²) in [6, 6.07) is -0.248. The summed E-state index contributed by atoms with van der Waals surface area (Å²) in [5.74, 6) is -0.902. The van der Waals surface area contributed by atoms with Crippen molar-refractivity contribution in [1.29, 1.82) is 0 Å². The van der Waals surface area contributed by atoms with Gasteiger partial charge in [0.25, 0.3) is 0 Å². The van der Waals surface area contributed by atoms with E-state index < -0.39 is 5.97 Å². The summed E-state index contributed by atoms with van der Waals surface area (Å²) < 4.78 is 0. The topological polar surface area (TPSA) is 95.7 Å². The minimum Gasteiger partial charge on any atom is -0.481 e. The molecular weight excluding hydrogens is 210 g/mol. The minimum atomic E-state index is -0.902. The van der Waals surface area contributed by atoms with E-state index in [1.807, 2.05) is 13.8 Å². The van der Waals surface area contributed by atoms with E-state index >= 15 is 0 Å². The van der Waals surface area contributed by atoms with Crippen LogP contribution in [0.15, 0.2) is 0 Å². The quantitative estimate of drug-likeness (QED) is 0.546. The number of nitrogens with zero attached hydrogens (tertiary/aromatic N) is 1. The fourth-order valence-electron chi connectivity index (χ4n) is 1.21. The van der Waals surface area contributed by atoms with Crippen molar-refractivity contribution in [3.05, 3.63) is 0 Å². The predicted octanol–water partition coefficient (Wildman–Crippen LogP) is 0.230. The highest BCUT2D eigenvalue weighted by molar-refractivity contribution is 5.75. The van der Waals surface area contributed by atoms with Gasteiger partial charge in [0.15, 0.2) is 0 Å². The van der Waals surface area contributed by atoms with Crippen LogP contribution in [0.4, 0.5) is 4.79 Å². The van der Waals surface area contributed by atoms with Gasteiger partial charge in [-0.3, -0.25) is 4.79 Å². The van der Waals surface area contributed by atoms with Crippen LogP contribution >= 0.6 is 0 Å². The number of nitrogens with one attached hydrogen (secondary N) is 1. The Morgan fingerprint density at radius 2 is 2.06 bits per heavy atom. The second-order valence-electron chi connectivity index (χ2n) is 3.81. The number of aliphatic carboxylic acids is 1. The van der Waals surface area contributed by atoms with Crippen LogP contribution in [0.3, 0.4) is 0 Å². The molecule has 0 aromatic heterocycles. The Kier molecular flexibility index (Phi) is 7.28. The Hall–Kier alpha value is -1.30. The van der Waals surface area contributed by atoms with Gasteiger partial charge < -0.3 is 21.1 Å². The first-order valence-electron chi connectivity index (χ1n) is 5.45. The zero-order chi connectivity index (χ0) is 12.6. The molecule has 0 aliphatic rings. The van der Waals surface area contributed by atoms with Crippen molar-refractivity contribution < 1.29 is 14.7 Å². The Bertz CT molecular complexity index is 231. The van der Waals surface area contributed by atoms with E-state index in [1.165, 1.54) is 4.90 Å². The molecule has 16 heavy (non-hydrogen) atoms. The van der Waals surface area contributed by atoms with Crippen molar-refractivity contribution >= 4 is 12.0 Å². The summed E-state index contributed by atoms with van der Waals surface area (Å²) in [4.78, 5) is 23.6. The molecule has 0 atom stereocenters. The lowest BCUT2D eigenvalue weighted by molar-refractivity contribution is -0.137. The molecule has 0 rings (SSSR count). The molecule has 0 aromatic carbocycles. The van der Waals surface area contributed by atoms with E-state index in [4.69, 9.17) is 10.8 Å². The van der Waals surface area contributed by atoms with Crippen LogP contribution < -0.4 is 11.1 Å². The lowest BCUT2D eigenvalue weighted by atomic mass is 10.3. The van der Waals surface area contributed by atoms with Crippen LogP contribution in [0, 0.1) is 0 Å². The maximum absolute atomic E-state index is 11.7. The van der Waals surface area contributed by atoms with Crippen molar-refractivity contribution in [2.45, 2.75) is 32.7 Å². The zero-order valence-electron chi connectivity index (χ0n) is 9.90. The number of carbonyl (C=O) groups is 2. The first-order valence-corrected chi connectivity index (χ1v) is 5.45. The summed E-state index contributed by atoms with van der Waals surface area (Å²) in [6.45, 7) is 4.97. The molecule has 0 bridgehead atoms. The van der Waals surface area contributed by atoms with E-state index in [0.717, 1.165) is 6.42 Å². The van der Waals surface area contributed by atoms with Crippen LogP contribution in [0.2, 0.25) is 0 Å². The Morgan fingerprint density at radius 3 is 2.50 bits per heavy atom. The molecular formula is C10H21N3O3. The number of rotatable bonds is 7. The first-order chi connectivity index (χ1) is 7.49. The van der Waals surface area contributed by atoms with Crippen molar-refractivity contribution in [3.63, 3.8) is 0 Å². The number of hydrogen-bond donors (Lipinski definition) is 3.